The fourth-order valence-electron chi connectivity index (χ4n) is 0.0680. The number of hydrogen-bond donors (Lipinski definition) is 0. The van der Waals surface area contributed by atoms with Gasteiger partial charge in [-0.2, -0.15) is 0 Å². The van der Waals surface area contributed by atoms with Crippen LogP contribution in [0.2, 0.25) is 0 Å². The maximum atomic E-state index is 9.66. The number of halogens is 1. The molecule has 34 valence electrons. The largest absolute Gasteiger partial charge is 0.297 e. The van der Waals surface area contributed by atoms with E-state index in [0.29, 0.717) is 0 Å². The maximum Gasteiger partial charge on any atom is 0.155 e. The summed E-state index contributed by atoms with van der Waals surface area (Å²) >= 11 is 1.96. The second-order valence-electron chi connectivity index (χ2n) is 0.791. The highest BCUT2D eigenvalue weighted by atomic mass is 127. The highest BCUT2D eigenvalue weighted by Gasteiger charge is 1.75. The van der Waals surface area contributed by atoms with Gasteiger partial charge in [0.05, 0.1) is 0 Å². The van der Waals surface area contributed by atoms with E-state index in [1.165, 1.54) is 0 Å². The maximum absolute atomic E-state index is 9.66. The highest BCUT2D eigenvalue weighted by Crippen LogP contribution is 1.97. The van der Waals surface area contributed by atoms with Crippen LogP contribution >= 0.6 is 22.6 Å². The third-order valence-corrected chi connectivity index (χ3v) is 1.27. The Kier molecular flexibility index (Phi) is 3.41. The van der Waals surface area contributed by atoms with Crippen molar-refractivity contribution in [3.05, 3.63) is 9.66 Å². The molecule has 1 nitrogen and oxygen atoms in total. The fraction of sp³-hybridized carbons (Fsp3) is 0.250. The van der Waals surface area contributed by atoms with Crippen molar-refractivity contribution in [2.45, 2.75) is 6.92 Å². The van der Waals surface area contributed by atoms with Crippen LogP contribution < -0.4 is 0 Å². The first-order valence-electron chi connectivity index (χ1n) is 1.58. The van der Waals surface area contributed by atoms with E-state index in [0.717, 1.165) is 9.87 Å². The molecule has 0 saturated carbocycles. The smallest absolute Gasteiger partial charge is 0.155 e. The molecule has 0 unspecified atom stereocenters. The summed E-state index contributed by atoms with van der Waals surface area (Å²) in [5.74, 6) is 0. The van der Waals surface area contributed by atoms with Gasteiger partial charge in [-0.3, -0.25) is 4.79 Å². The average Bonchev–Trinajstić information content (AvgIpc) is 1.65. The zero-order valence-corrected chi connectivity index (χ0v) is 5.60. The summed E-state index contributed by atoms with van der Waals surface area (Å²) in [5.41, 5.74) is 0. The number of allylic oxidation sites excluding steroid dienone is 2. The van der Waals surface area contributed by atoms with Crippen molar-refractivity contribution in [3.63, 3.8) is 0 Å². The summed E-state index contributed by atoms with van der Waals surface area (Å²) in [6, 6.07) is 0. The van der Waals surface area contributed by atoms with Crippen LogP contribution in [-0.4, -0.2) is 6.29 Å². The Labute approximate surface area is 50.6 Å². The normalized spacial score (nSPS) is 11.3. The van der Waals surface area contributed by atoms with Gasteiger partial charge in [-0.15, -0.1) is 0 Å². The van der Waals surface area contributed by atoms with Crippen LogP contribution in [0.1, 0.15) is 6.92 Å². The molecule has 0 aliphatic rings. The lowest BCUT2D eigenvalue weighted by Crippen LogP contribution is -1.63. The predicted octanol–water partition coefficient (Wildman–Crippen LogP) is 1.52. The summed E-state index contributed by atoms with van der Waals surface area (Å²) < 4.78 is 0.757. The molecule has 2 heteroatoms. The van der Waals surface area contributed by atoms with Crippen LogP contribution in [0.3, 0.4) is 0 Å². The molecule has 0 aliphatic carbocycles. The van der Waals surface area contributed by atoms with Crippen LogP contribution in [0.5, 0.6) is 0 Å². The van der Waals surface area contributed by atoms with Crippen molar-refractivity contribution in [1.82, 2.24) is 0 Å². The van der Waals surface area contributed by atoms with Gasteiger partial charge in [0.2, 0.25) is 0 Å². The van der Waals surface area contributed by atoms with Gasteiger partial charge in [0, 0.05) is 3.58 Å². The first-order chi connectivity index (χ1) is 2.81. The Balaban J connectivity index is 3.50. The first-order valence-corrected chi connectivity index (χ1v) is 2.66. The van der Waals surface area contributed by atoms with E-state index in [1.54, 1.807) is 6.08 Å². The molecule has 0 spiro atoms. The van der Waals surface area contributed by atoms with E-state index in [2.05, 4.69) is 0 Å². The molecule has 0 radical (unpaired) electrons. The Morgan fingerprint density at radius 2 is 2.33 bits per heavy atom. The van der Waals surface area contributed by atoms with E-state index in [1.807, 2.05) is 29.5 Å². The van der Waals surface area contributed by atoms with Crippen LogP contribution in [-0.2, 0) is 4.79 Å². The fourth-order valence-corrected chi connectivity index (χ4v) is 0.0680. The van der Waals surface area contributed by atoms with Gasteiger partial charge in [0.15, 0.2) is 6.29 Å². The Morgan fingerprint density at radius 3 is 2.33 bits per heavy atom. The molecule has 0 bridgehead atoms. The minimum atomic E-state index is 0.757. The lowest BCUT2D eigenvalue weighted by Gasteiger charge is -1.70. The van der Waals surface area contributed by atoms with Gasteiger partial charge >= 0.3 is 0 Å². The van der Waals surface area contributed by atoms with E-state index >= 15 is 0 Å². The molecule has 0 rings (SSSR count). The molecular formula is C4H5IO. The van der Waals surface area contributed by atoms with Gasteiger partial charge in [0.1, 0.15) is 0 Å². The molecular weight excluding hydrogens is 191 g/mol. The molecule has 0 aromatic rings. The van der Waals surface area contributed by atoms with Crippen molar-refractivity contribution < 1.29 is 4.79 Å². The molecule has 0 amide bonds. The van der Waals surface area contributed by atoms with Crippen LogP contribution in [0.15, 0.2) is 9.66 Å². The van der Waals surface area contributed by atoms with E-state index in [4.69, 9.17) is 0 Å². The van der Waals surface area contributed by atoms with Crippen molar-refractivity contribution in [3.8, 4) is 0 Å². The van der Waals surface area contributed by atoms with E-state index in [-0.39, 0.29) is 0 Å². The summed E-state index contributed by atoms with van der Waals surface area (Å²) in [6.07, 6.45) is 2.58. The second kappa shape index (κ2) is 3.33. The van der Waals surface area contributed by atoms with Crippen molar-refractivity contribution in [2.75, 3.05) is 0 Å². The van der Waals surface area contributed by atoms with Crippen LogP contribution in [0.4, 0.5) is 0 Å². The molecule has 6 heavy (non-hydrogen) atoms. The summed E-state index contributed by atoms with van der Waals surface area (Å²) in [6.45, 7) is 1.83. The molecule has 0 aromatic heterocycles. The molecule has 0 fully saturated rings. The summed E-state index contributed by atoms with van der Waals surface area (Å²) in [7, 11) is 0. The Bertz CT molecular complexity index is 75.6. The van der Waals surface area contributed by atoms with Crippen molar-refractivity contribution >= 4 is 28.9 Å². The number of aldehydes is 1. The molecule has 0 heterocycles. The van der Waals surface area contributed by atoms with Gasteiger partial charge < -0.3 is 0 Å². The SMILES string of the molecule is C/C=C(/I)C=O. The summed E-state index contributed by atoms with van der Waals surface area (Å²) in [5, 5.41) is 0. The standard InChI is InChI=1S/C4H5IO/c1-2-4(5)3-6/h2-3H,1H3/b4-2+. The zero-order chi connectivity index (χ0) is 4.99. The zero-order valence-electron chi connectivity index (χ0n) is 3.44. The topological polar surface area (TPSA) is 17.1 Å². The van der Waals surface area contributed by atoms with Crippen molar-refractivity contribution in [2.24, 2.45) is 0 Å². The molecule has 0 atom stereocenters. The lowest BCUT2D eigenvalue weighted by molar-refractivity contribution is -0.104. The minimum absolute atomic E-state index is 0.757. The average molecular weight is 196 g/mol. The third-order valence-electron chi connectivity index (χ3n) is 0.388. The lowest BCUT2D eigenvalue weighted by atomic mass is 10.6. The van der Waals surface area contributed by atoms with E-state index < -0.39 is 0 Å². The number of hydrogen-bond acceptors (Lipinski definition) is 1. The summed E-state index contributed by atoms with van der Waals surface area (Å²) in [4.78, 5) is 9.66. The molecule has 0 N–H and O–H groups in total. The number of rotatable bonds is 1. The Morgan fingerprint density at radius 1 is 1.83 bits per heavy atom. The quantitative estimate of drug-likeness (QED) is 0.353. The Hall–Kier alpha value is 0.140. The van der Waals surface area contributed by atoms with Gasteiger partial charge in [-0.25, -0.2) is 0 Å². The van der Waals surface area contributed by atoms with Gasteiger partial charge in [0.25, 0.3) is 0 Å². The van der Waals surface area contributed by atoms with E-state index in [9.17, 15) is 4.79 Å². The van der Waals surface area contributed by atoms with Crippen molar-refractivity contribution in [1.29, 1.82) is 0 Å². The predicted molar refractivity (Wildman–Crippen MR) is 33.8 cm³/mol. The molecule has 0 aliphatic heterocycles. The molecule has 0 aromatic carbocycles. The number of carbonyl (C=O) groups is 1. The minimum Gasteiger partial charge on any atom is -0.297 e. The monoisotopic (exact) mass is 196 g/mol. The first kappa shape index (κ1) is 6.14. The third kappa shape index (κ3) is 2.38. The van der Waals surface area contributed by atoms with Crippen LogP contribution in [0, 0.1) is 0 Å². The van der Waals surface area contributed by atoms with Crippen LogP contribution in [0.25, 0.3) is 0 Å². The van der Waals surface area contributed by atoms with Gasteiger partial charge in [-0.05, 0) is 29.5 Å². The van der Waals surface area contributed by atoms with Gasteiger partial charge in [-0.1, -0.05) is 6.08 Å². The second-order valence-corrected chi connectivity index (χ2v) is 2.04. The number of carbonyl (C=O) groups excluding carboxylic acids is 1. The molecule has 0 saturated heterocycles. The highest BCUT2D eigenvalue weighted by molar-refractivity contribution is 14.1.